The van der Waals surface area contributed by atoms with Gasteiger partial charge in [-0.25, -0.2) is 0 Å². The van der Waals surface area contributed by atoms with Gasteiger partial charge in [-0.1, -0.05) is 43.1 Å². The molecule has 3 nitrogen and oxygen atoms in total. The fourth-order valence-corrected chi connectivity index (χ4v) is 1.69. The van der Waals surface area contributed by atoms with Gasteiger partial charge in [0.1, 0.15) is 0 Å². The third kappa shape index (κ3) is 5.34. The predicted molar refractivity (Wildman–Crippen MR) is 74.4 cm³/mol. The Morgan fingerprint density at radius 3 is 2.89 bits per heavy atom. The summed E-state index contributed by atoms with van der Waals surface area (Å²) in [5.41, 5.74) is 0.795. The molecule has 1 unspecified atom stereocenters. The van der Waals surface area contributed by atoms with Gasteiger partial charge in [-0.15, -0.1) is 0 Å². The lowest BCUT2D eigenvalue weighted by atomic mass is 10.2. The van der Waals surface area contributed by atoms with Crippen molar-refractivity contribution in [2.24, 2.45) is 0 Å². The molecule has 1 aromatic rings. The number of carbonyl (C=O) groups excluding carboxylic acids is 1. The molecule has 0 aliphatic rings. The van der Waals surface area contributed by atoms with Gasteiger partial charge in [-0.2, -0.15) is 0 Å². The lowest BCUT2D eigenvalue weighted by Gasteiger charge is -2.08. The Bertz CT molecular complexity index is 418. The quantitative estimate of drug-likeness (QED) is 0.779. The first kappa shape index (κ1) is 14.7. The van der Waals surface area contributed by atoms with Crippen LogP contribution in [0.3, 0.4) is 0 Å². The average Bonchev–Trinajstić information content (AvgIpc) is 2.36. The van der Waals surface area contributed by atoms with Gasteiger partial charge in [-0.05, 0) is 24.1 Å². The normalized spacial score (nSPS) is 12.6. The number of nitrogens with one attached hydrogen (secondary N) is 1. The molecule has 0 bridgehead atoms. The van der Waals surface area contributed by atoms with Crippen LogP contribution in [0, 0.1) is 0 Å². The lowest BCUT2D eigenvalue weighted by Crippen LogP contribution is -2.30. The van der Waals surface area contributed by atoms with Crippen LogP contribution >= 0.6 is 11.6 Å². The maximum absolute atomic E-state index is 11.5. The maximum Gasteiger partial charge on any atom is 0.244 e. The zero-order valence-electron chi connectivity index (χ0n) is 10.4. The molecule has 2 N–H and O–H groups in total. The zero-order valence-corrected chi connectivity index (χ0v) is 11.2. The Kier molecular flexibility index (Phi) is 6.47. The van der Waals surface area contributed by atoms with Gasteiger partial charge >= 0.3 is 0 Å². The molecule has 0 radical (unpaired) electrons. The summed E-state index contributed by atoms with van der Waals surface area (Å²) in [5, 5.41) is 12.7. The van der Waals surface area contributed by atoms with E-state index in [1.165, 1.54) is 6.08 Å². The lowest BCUT2D eigenvalue weighted by molar-refractivity contribution is -0.116. The minimum atomic E-state index is -0.479. The maximum atomic E-state index is 11.5. The largest absolute Gasteiger partial charge is 0.391 e. The number of rotatable bonds is 6. The Labute approximate surface area is 112 Å². The van der Waals surface area contributed by atoms with E-state index in [4.69, 9.17) is 11.6 Å². The van der Waals surface area contributed by atoms with Gasteiger partial charge in [-0.3, -0.25) is 4.79 Å². The van der Waals surface area contributed by atoms with Crippen molar-refractivity contribution in [2.75, 3.05) is 6.54 Å². The highest BCUT2D eigenvalue weighted by molar-refractivity contribution is 6.32. The minimum absolute atomic E-state index is 0.231. The van der Waals surface area contributed by atoms with Gasteiger partial charge in [0, 0.05) is 17.6 Å². The molecule has 0 saturated carbocycles. The fraction of sp³-hybridized carbons (Fsp3) is 0.357. The topological polar surface area (TPSA) is 49.3 Å². The fourth-order valence-electron chi connectivity index (χ4n) is 1.49. The second kappa shape index (κ2) is 7.90. The molecule has 0 aromatic heterocycles. The van der Waals surface area contributed by atoms with Crippen molar-refractivity contribution < 1.29 is 9.90 Å². The van der Waals surface area contributed by atoms with Crippen molar-refractivity contribution in [2.45, 2.75) is 25.9 Å². The van der Waals surface area contributed by atoms with E-state index in [2.05, 4.69) is 5.32 Å². The molecule has 4 heteroatoms. The molecule has 98 valence electrons. The van der Waals surface area contributed by atoms with Gasteiger partial charge in [0.25, 0.3) is 0 Å². The van der Waals surface area contributed by atoms with Crippen LogP contribution in [0.1, 0.15) is 25.3 Å². The summed E-state index contributed by atoms with van der Waals surface area (Å²) < 4.78 is 0. The van der Waals surface area contributed by atoms with Crippen molar-refractivity contribution in [1.29, 1.82) is 0 Å². The molecule has 0 fully saturated rings. The third-order valence-electron chi connectivity index (χ3n) is 2.45. The summed E-state index contributed by atoms with van der Waals surface area (Å²) in [7, 11) is 0. The number of amides is 1. The third-order valence-corrected chi connectivity index (χ3v) is 2.80. The van der Waals surface area contributed by atoms with Crippen molar-refractivity contribution in [1.82, 2.24) is 5.32 Å². The van der Waals surface area contributed by atoms with Crippen LogP contribution in [0.5, 0.6) is 0 Å². The van der Waals surface area contributed by atoms with E-state index >= 15 is 0 Å². The summed E-state index contributed by atoms with van der Waals surface area (Å²) in [6, 6.07) is 7.29. The molecule has 1 amide bonds. The van der Waals surface area contributed by atoms with Crippen LogP contribution in [0.25, 0.3) is 6.08 Å². The number of carbonyl (C=O) groups is 1. The van der Waals surface area contributed by atoms with E-state index in [1.807, 2.05) is 25.1 Å². The van der Waals surface area contributed by atoms with Crippen LogP contribution in [0.4, 0.5) is 0 Å². The second-order valence-corrected chi connectivity index (χ2v) is 4.45. The van der Waals surface area contributed by atoms with Gasteiger partial charge in [0.05, 0.1) is 6.10 Å². The molecule has 1 rings (SSSR count). The Hall–Kier alpha value is -1.32. The van der Waals surface area contributed by atoms with Crippen LogP contribution in [0.15, 0.2) is 30.3 Å². The standard InChI is InChI=1S/C14H18ClNO2/c1-2-5-12(17)10-16-14(18)9-8-11-6-3-4-7-13(11)15/h3-4,6-9,12,17H,2,5,10H2,1H3,(H,16,18)/b9-8+. The van der Waals surface area contributed by atoms with Gasteiger partial charge in [0.15, 0.2) is 0 Å². The van der Waals surface area contributed by atoms with Crippen molar-refractivity contribution in [3.8, 4) is 0 Å². The van der Waals surface area contributed by atoms with E-state index in [0.717, 1.165) is 12.0 Å². The molecular formula is C14H18ClNO2. The number of aliphatic hydroxyl groups is 1. The highest BCUT2D eigenvalue weighted by Gasteiger charge is 2.03. The summed E-state index contributed by atoms with van der Waals surface area (Å²) in [4.78, 5) is 11.5. The molecule has 0 heterocycles. The molecule has 18 heavy (non-hydrogen) atoms. The number of halogens is 1. The number of benzene rings is 1. The summed E-state index contributed by atoms with van der Waals surface area (Å²) in [6.07, 6.45) is 4.18. The van der Waals surface area contributed by atoms with E-state index in [1.54, 1.807) is 12.1 Å². The molecule has 0 aliphatic heterocycles. The second-order valence-electron chi connectivity index (χ2n) is 4.04. The Morgan fingerprint density at radius 1 is 1.50 bits per heavy atom. The first-order valence-electron chi connectivity index (χ1n) is 6.02. The van der Waals surface area contributed by atoms with Gasteiger partial charge < -0.3 is 10.4 Å². The number of hydrogen-bond acceptors (Lipinski definition) is 2. The molecule has 1 atom stereocenters. The van der Waals surface area contributed by atoms with Gasteiger partial charge in [0.2, 0.25) is 5.91 Å². The summed E-state index contributed by atoms with van der Waals surface area (Å²) in [5.74, 6) is -0.231. The average molecular weight is 268 g/mol. The summed E-state index contributed by atoms with van der Waals surface area (Å²) >= 11 is 5.95. The smallest absolute Gasteiger partial charge is 0.244 e. The SMILES string of the molecule is CCCC(O)CNC(=O)/C=C/c1ccccc1Cl. The van der Waals surface area contributed by atoms with E-state index in [0.29, 0.717) is 11.4 Å². The van der Waals surface area contributed by atoms with Crippen molar-refractivity contribution in [3.63, 3.8) is 0 Å². The minimum Gasteiger partial charge on any atom is -0.391 e. The van der Waals surface area contributed by atoms with Crippen LogP contribution in [-0.2, 0) is 4.79 Å². The molecule has 0 saturated heterocycles. The monoisotopic (exact) mass is 267 g/mol. The first-order chi connectivity index (χ1) is 8.63. The van der Waals surface area contributed by atoms with E-state index in [-0.39, 0.29) is 12.5 Å². The number of hydrogen-bond donors (Lipinski definition) is 2. The molecule has 0 spiro atoms. The van der Waals surface area contributed by atoms with E-state index < -0.39 is 6.10 Å². The molecule has 0 aliphatic carbocycles. The highest BCUT2D eigenvalue weighted by atomic mass is 35.5. The predicted octanol–water partition coefficient (Wildman–Crippen LogP) is 2.63. The van der Waals surface area contributed by atoms with Crippen LogP contribution in [0.2, 0.25) is 5.02 Å². The first-order valence-corrected chi connectivity index (χ1v) is 6.39. The van der Waals surface area contributed by atoms with E-state index in [9.17, 15) is 9.90 Å². The summed E-state index contributed by atoms with van der Waals surface area (Å²) in [6.45, 7) is 2.27. The Morgan fingerprint density at radius 2 is 2.22 bits per heavy atom. The molecule has 1 aromatic carbocycles. The van der Waals surface area contributed by atoms with Crippen LogP contribution in [-0.4, -0.2) is 23.7 Å². The number of aliphatic hydroxyl groups excluding tert-OH is 1. The van der Waals surface area contributed by atoms with Crippen LogP contribution < -0.4 is 5.32 Å². The van der Waals surface area contributed by atoms with Crippen molar-refractivity contribution in [3.05, 3.63) is 40.9 Å². The molecular weight excluding hydrogens is 250 g/mol. The Balaban J connectivity index is 2.43. The highest BCUT2D eigenvalue weighted by Crippen LogP contribution is 2.15. The van der Waals surface area contributed by atoms with Crippen molar-refractivity contribution >= 4 is 23.6 Å². The zero-order chi connectivity index (χ0) is 13.4.